The summed E-state index contributed by atoms with van der Waals surface area (Å²) in [6.07, 6.45) is 1.40. The van der Waals surface area contributed by atoms with Crippen LogP contribution in [0.4, 0.5) is 0 Å². The summed E-state index contributed by atoms with van der Waals surface area (Å²) in [5.41, 5.74) is 0.979. The topological polar surface area (TPSA) is 98.8 Å². The van der Waals surface area contributed by atoms with E-state index in [2.05, 4.69) is 4.72 Å². The molecule has 2 rings (SSSR count). The average Bonchev–Trinajstić information content (AvgIpc) is 2.70. The number of nitrogens with one attached hydrogen (secondary N) is 1. The number of ketones is 1. The third-order valence-electron chi connectivity index (χ3n) is 3.43. The number of esters is 1. The van der Waals surface area contributed by atoms with Gasteiger partial charge in [0.2, 0.25) is 15.8 Å². The third kappa shape index (κ3) is 6.69. The molecule has 0 spiro atoms. The first kappa shape index (κ1) is 20.3. The van der Waals surface area contributed by atoms with Gasteiger partial charge in [0.15, 0.2) is 6.61 Å². The van der Waals surface area contributed by atoms with Gasteiger partial charge < -0.3 is 9.47 Å². The highest BCUT2D eigenvalue weighted by molar-refractivity contribution is 7.92. The van der Waals surface area contributed by atoms with Crippen LogP contribution in [-0.2, 0) is 19.6 Å². The Hall–Kier alpha value is -2.97. The predicted molar refractivity (Wildman–Crippen MR) is 101 cm³/mol. The van der Waals surface area contributed by atoms with Crippen molar-refractivity contribution in [2.45, 2.75) is 0 Å². The molecule has 0 radical (unpaired) electrons. The van der Waals surface area contributed by atoms with Crippen molar-refractivity contribution >= 4 is 27.9 Å². The fourth-order valence-electron chi connectivity index (χ4n) is 2.09. The van der Waals surface area contributed by atoms with Gasteiger partial charge >= 0.3 is 5.97 Å². The van der Waals surface area contributed by atoms with Crippen LogP contribution in [0.1, 0.15) is 15.9 Å². The highest BCUT2D eigenvalue weighted by atomic mass is 32.2. The number of ether oxygens (including phenoxy) is 2. The van der Waals surface area contributed by atoms with Crippen molar-refractivity contribution in [3.05, 3.63) is 71.1 Å². The summed E-state index contributed by atoms with van der Waals surface area (Å²) in [5, 5.41) is 0.954. The predicted octanol–water partition coefficient (Wildman–Crippen LogP) is 2.01. The second-order valence-corrected chi connectivity index (χ2v) is 7.01. The Balaban J connectivity index is 1.83. The Morgan fingerprint density at radius 2 is 1.70 bits per heavy atom. The van der Waals surface area contributed by atoms with Crippen LogP contribution in [0.3, 0.4) is 0 Å². The number of Topliss-reactive ketones (excluding diaryl/α,β-unsaturated/α-hetero) is 1. The molecule has 1 N–H and O–H groups in total. The van der Waals surface area contributed by atoms with Crippen LogP contribution in [0.5, 0.6) is 5.75 Å². The standard InChI is InChI=1S/C19H19NO6S/c1-25-18-10-6-5-9-16(18)17(21)14-26-19(22)13-20-27(23,24)12-11-15-7-3-2-4-8-15/h2-12,20H,13-14H2,1H3. The molecule has 0 amide bonds. The molecule has 27 heavy (non-hydrogen) atoms. The van der Waals surface area contributed by atoms with E-state index in [1.54, 1.807) is 48.5 Å². The Morgan fingerprint density at radius 1 is 1.04 bits per heavy atom. The number of benzene rings is 2. The molecule has 8 heteroatoms. The summed E-state index contributed by atoms with van der Waals surface area (Å²) in [6, 6.07) is 15.4. The lowest BCUT2D eigenvalue weighted by atomic mass is 10.1. The molecule has 0 bridgehead atoms. The first-order chi connectivity index (χ1) is 12.9. The minimum absolute atomic E-state index is 0.277. The molecular weight excluding hydrogens is 370 g/mol. The SMILES string of the molecule is COc1ccccc1C(=O)COC(=O)CNS(=O)(=O)C=Cc1ccccc1. The van der Waals surface area contributed by atoms with Crippen LogP contribution in [0.2, 0.25) is 0 Å². The van der Waals surface area contributed by atoms with Gasteiger partial charge in [-0.05, 0) is 23.8 Å². The Labute approximate surface area is 157 Å². The van der Waals surface area contributed by atoms with Crippen molar-refractivity contribution < 1.29 is 27.5 Å². The highest BCUT2D eigenvalue weighted by Gasteiger charge is 2.15. The summed E-state index contributed by atoms with van der Waals surface area (Å²) in [6.45, 7) is -1.10. The molecule has 0 saturated carbocycles. The summed E-state index contributed by atoms with van der Waals surface area (Å²) in [7, 11) is -2.39. The number of hydrogen-bond acceptors (Lipinski definition) is 6. The minimum atomic E-state index is -3.81. The van der Waals surface area contributed by atoms with Gasteiger partial charge in [-0.1, -0.05) is 42.5 Å². The second kappa shape index (κ2) is 9.65. The fraction of sp³-hybridized carbons (Fsp3) is 0.158. The van der Waals surface area contributed by atoms with E-state index in [4.69, 9.17) is 9.47 Å². The molecule has 7 nitrogen and oxygen atoms in total. The molecule has 0 atom stereocenters. The van der Waals surface area contributed by atoms with Gasteiger partial charge in [0.1, 0.15) is 12.3 Å². The van der Waals surface area contributed by atoms with Crippen molar-refractivity contribution in [1.29, 1.82) is 0 Å². The van der Waals surface area contributed by atoms with Gasteiger partial charge in [0.25, 0.3) is 0 Å². The van der Waals surface area contributed by atoms with Crippen molar-refractivity contribution in [3.63, 3.8) is 0 Å². The van der Waals surface area contributed by atoms with Gasteiger partial charge in [0, 0.05) is 5.41 Å². The van der Waals surface area contributed by atoms with Crippen molar-refractivity contribution in [2.24, 2.45) is 0 Å². The van der Waals surface area contributed by atoms with Crippen LogP contribution in [0, 0.1) is 0 Å². The molecule has 2 aromatic rings. The van der Waals surface area contributed by atoms with Crippen LogP contribution < -0.4 is 9.46 Å². The van der Waals surface area contributed by atoms with Crippen LogP contribution in [-0.4, -0.2) is 40.4 Å². The Bertz CT molecular complexity index is 922. The van der Waals surface area contributed by atoms with Gasteiger partial charge in [-0.2, -0.15) is 0 Å². The average molecular weight is 389 g/mol. The maximum Gasteiger partial charge on any atom is 0.321 e. The van der Waals surface area contributed by atoms with Gasteiger partial charge in [-0.25, -0.2) is 13.1 Å². The van der Waals surface area contributed by atoms with Crippen LogP contribution in [0.25, 0.3) is 6.08 Å². The summed E-state index contributed by atoms with van der Waals surface area (Å²) < 4.78 is 35.7. The number of para-hydroxylation sites is 1. The summed E-state index contributed by atoms with van der Waals surface area (Å²) in [5.74, 6) is -0.951. The smallest absolute Gasteiger partial charge is 0.321 e. The monoisotopic (exact) mass is 389 g/mol. The molecule has 0 saturated heterocycles. The van der Waals surface area contributed by atoms with E-state index in [0.29, 0.717) is 11.3 Å². The van der Waals surface area contributed by atoms with E-state index in [1.165, 1.54) is 13.2 Å². The first-order valence-corrected chi connectivity index (χ1v) is 9.50. The lowest BCUT2D eigenvalue weighted by Crippen LogP contribution is -2.30. The van der Waals surface area contributed by atoms with Gasteiger partial charge in [0.05, 0.1) is 12.7 Å². The third-order valence-corrected chi connectivity index (χ3v) is 4.47. The van der Waals surface area contributed by atoms with E-state index < -0.39 is 34.9 Å². The van der Waals surface area contributed by atoms with E-state index in [-0.39, 0.29) is 5.56 Å². The quantitative estimate of drug-likeness (QED) is 0.520. The van der Waals surface area contributed by atoms with Gasteiger partial charge in [-0.15, -0.1) is 0 Å². The molecule has 2 aromatic carbocycles. The molecular formula is C19H19NO6S. The zero-order chi connectivity index (χ0) is 19.7. The summed E-state index contributed by atoms with van der Waals surface area (Å²) in [4.78, 5) is 23.8. The normalized spacial score (nSPS) is 11.3. The molecule has 142 valence electrons. The lowest BCUT2D eigenvalue weighted by molar-refractivity contribution is -0.141. The largest absolute Gasteiger partial charge is 0.496 e. The van der Waals surface area contributed by atoms with E-state index in [1.807, 2.05) is 6.07 Å². The molecule has 0 fully saturated rings. The maximum atomic E-state index is 12.1. The van der Waals surface area contributed by atoms with Crippen molar-refractivity contribution in [2.75, 3.05) is 20.3 Å². The molecule has 0 aliphatic rings. The fourth-order valence-corrected chi connectivity index (χ4v) is 2.84. The number of sulfonamides is 1. The maximum absolute atomic E-state index is 12.1. The van der Waals surface area contributed by atoms with Gasteiger partial charge in [-0.3, -0.25) is 9.59 Å². The first-order valence-electron chi connectivity index (χ1n) is 7.96. The number of rotatable bonds is 9. The molecule has 0 aromatic heterocycles. The van der Waals surface area contributed by atoms with E-state index >= 15 is 0 Å². The van der Waals surface area contributed by atoms with E-state index in [0.717, 1.165) is 5.41 Å². The molecule has 0 aliphatic heterocycles. The summed E-state index contributed by atoms with van der Waals surface area (Å²) >= 11 is 0. The number of carbonyl (C=O) groups excluding carboxylic acids is 2. The lowest BCUT2D eigenvalue weighted by Gasteiger charge is -2.08. The van der Waals surface area contributed by atoms with Crippen molar-refractivity contribution in [3.8, 4) is 5.75 Å². The number of hydrogen-bond donors (Lipinski definition) is 1. The van der Waals surface area contributed by atoms with Crippen molar-refractivity contribution in [1.82, 2.24) is 4.72 Å². The number of methoxy groups -OCH3 is 1. The molecule has 0 heterocycles. The molecule has 0 aliphatic carbocycles. The zero-order valence-electron chi connectivity index (χ0n) is 14.6. The van der Waals surface area contributed by atoms with E-state index in [9.17, 15) is 18.0 Å². The highest BCUT2D eigenvalue weighted by Crippen LogP contribution is 2.17. The minimum Gasteiger partial charge on any atom is -0.496 e. The Morgan fingerprint density at radius 3 is 2.41 bits per heavy atom. The van der Waals surface area contributed by atoms with Crippen LogP contribution in [0.15, 0.2) is 60.0 Å². The van der Waals surface area contributed by atoms with Crippen LogP contribution >= 0.6 is 0 Å². The molecule has 0 unspecified atom stereocenters. The number of carbonyl (C=O) groups is 2. The zero-order valence-corrected chi connectivity index (χ0v) is 15.4. The second-order valence-electron chi connectivity index (χ2n) is 5.36. The Kier molecular flexibility index (Phi) is 7.27.